The second-order valence-corrected chi connectivity index (χ2v) is 5.70. The first-order chi connectivity index (χ1) is 11.6. The summed E-state index contributed by atoms with van der Waals surface area (Å²) >= 11 is 5.95. The number of aromatic nitrogens is 2. The normalized spacial score (nSPS) is 17.0. The van der Waals surface area contributed by atoms with Gasteiger partial charge in [-0.15, -0.1) is 10.2 Å². The second kappa shape index (κ2) is 7.00. The Morgan fingerprint density at radius 1 is 1.29 bits per heavy atom. The van der Waals surface area contributed by atoms with Gasteiger partial charge in [-0.1, -0.05) is 17.7 Å². The first-order valence-electron chi connectivity index (χ1n) is 7.36. The number of ether oxygens (including phenoxy) is 2. The van der Waals surface area contributed by atoms with E-state index in [2.05, 4.69) is 10.2 Å². The molecule has 1 aromatic heterocycles. The SMILES string of the molecule is COc1ccc(OC2CCN(C(=O)c3c(F)cccc3Cl)C2)nn1. The number of hydrogen-bond acceptors (Lipinski definition) is 5. The fraction of sp³-hybridized carbons (Fsp3) is 0.312. The molecule has 1 aromatic carbocycles. The van der Waals surface area contributed by atoms with Crippen LogP contribution < -0.4 is 9.47 Å². The van der Waals surface area contributed by atoms with Crippen LogP contribution in [0.3, 0.4) is 0 Å². The van der Waals surface area contributed by atoms with Crippen molar-refractivity contribution >= 4 is 17.5 Å². The van der Waals surface area contributed by atoms with Gasteiger partial charge in [0, 0.05) is 25.1 Å². The smallest absolute Gasteiger partial charge is 0.258 e. The van der Waals surface area contributed by atoms with Gasteiger partial charge in [0.1, 0.15) is 11.9 Å². The van der Waals surface area contributed by atoms with Crippen LogP contribution in [0.15, 0.2) is 30.3 Å². The van der Waals surface area contributed by atoms with Gasteiger partial charge in [-0.2, -0.15) is 0 Å². The topological polar surface area (TPSA) is 64.6 Å². The molecule has 24 heavy (non-hydrogen) atoms. The number of nitrogens with zero attached hydrogens (tertiary/aromatic N) is 3. The minimum Gasteiger partial charge on any atom is -0.480 e. The summed E-state index contributed by atoms with van der Waals surface area (Å²) in [6.45, 7) is 0.787. The van der Waals surface area contributed by atoms with E-state index >= 15 is 0 Å². The van der Waals surface area contributed by atoms with Gasteiger partial charge in [0.15, 0.2) is 0 Å². The van der Waals surface area contributed by atoms with E-state index in [1.165, 1.54) is 30.2 Å². The molecule has 0 aliphatic carbocycles. The van der Waals surface area contributed by atoms with Crippen molar-refractivity contribution in [2.24, 2.45) is 0 Å². The number of carbonyl (C=O) groups is 1. The highest BCUT2D eigenvalue weighted by Gasteiger charge is 2.31. The lowest BCUT2D eigenvalue weighted by Gasteiger charge is -2.18. The molecular formula is C16H15ClFN3O3. The highest BCUT2D eigenvalue weighted by atomic mass is 35.5. The summed E-state index contributed by atoms with van der Waals surface area (Å²) in [6.07, 6.45) is 0.383. The Morgan fingerprint density at radius 2 is 2.04 bits per heavy atom. The summed E-state index contributed by atoms with van der Waals surface area (Å²) in [4.78, 5) is 14.0. The molecule has 0 saturated carbocycles. The number of rotatable bonds is 4. The molecule has 0 radical (unpaired) electrons. The number of likely N-dealkylation sites (tertiary alicyclic amines) is 1. The molecule has 2 heterocycles. The van der Waals surface area contributed by atoms with Crippen molar-refractivity contribution in [1.82, 2.24) is 15.1 Å². The number of carbonyl (C=O) groups excluding carboxylic acids is 1. The lowest BCUT2D eigenvalue weighted by atomic mass is 10.2. The Bertz CT molecular complexity index is 722. The van der Waals surface area contributed by atoms with Gasteiger partial charge in [-0.3, -0.25) is 4.79 Å². The Kier molecular flexibility index (Phi) is 4.80. The predicted molar refractivity (Wildman–Crippen MR) is 84.9 cm³/mol. The summed E-state index contributed by atoms with van der Waals surface area (Å²) in [7, 11) is 1.50. The molecule has 1 fully saturated rings. The number of benzene rings is 1. The molecule has 0 spiro atoms. The standard InChI is InChI=1S/C16H15ClFN3O3/c1-23-13-5-6-14(20-19-13)24-10-7-8-21(9-10)16(22)15-11(17)3-2-4-12(15)18/h2-6,10H,7-9H2,1H3. The van der Waals surface area contributed by atoms with Crippen LogP contribution in [0.2, 0.25) is 5.02 Å². The largest absolute Gasteiger partial charge is 0.480 e. The van der Waals surface area contributed by atoms with E-state index in [1.807, 2.05) is 0 Å². The molecule has 3 rings (SSSR count). The van der Waals surface area contributed by atoms with Crippen LogP contribution in [0, 0.1) is 5.82 Å². The summed E-state index contributed by atoms with van der Waals surface area (Å²) in [5, 5.41) is 7.81. The van der Waals surface area contributed by atoms with Gasteiger partial charge < -0.3 is 14.4 Å². The van der Waals surface area contributed by atoms with Gasteiger partial charge >= 0.3 is 0 Å². The molecule has 1 aliphatic rings. The molecule has 1 saturated heterocycles. The monoisotopic (exact) mass is 351 g/mol. The van der Waals surface area contributed by atoms with Gasteiger partial charge in [0.25, 0.3) is 5.91 Å². The predicted octanol–water partition coefficient (Wildman–Crippen LogP) is 2.57. The Balaban J connectivity index is 1.65. The van der Waals surface area contributed by atoms with Crippen molar-refractivity contribution in [3.8, 4) is 11.8 Å². The van der Waals surface area contributed by atoms with Crippen LogP contribution in [0.4, 0.5) is 4.39 Å². The Labute approximate surface area is 143 Å². The molecule has 126 valence electrons. The fourth-order valence-electron chi connectivity index (χ4n) is 2.52. The summed E-state index contributed by atoms with van der Waals surface area (Å²) < 4.78 is 24.5. The molecule has 0 N–H and O–H groups in total. The first-order valence-corrected chi connectivity index (χ1v) is 7.74. The van der Waals surface area contributed by atoms with Crippen molar-refractivity contribution in [2.45, 2.75) is 12.5 Å². The molecule has 1 amide bonds. The molecule has 1 aliphatic heterocycles. The molecular weight excluding hydrogens is 337 g/mol. The van der Waals surface area contributed by atoms with Crippen LogP contribution in [-0.4, -0.2) is 47.3 Å². The zero-order valence-electron chi connectivity index (χ0n) is 12.9. The van der Waals surface area contributed by atoms with Crippen molar-refractivity contribution < 1.29 is 18.7 Å². The van der Waals surface area contributed by atoms with Crippen molar-refractivity contribution in [1.29, 1.82) is 0 Å². The zero-order chi connectivity index (χ0) is 17.1. The van der Waals surface area contributed by atoms with Crippen molar-refractivity contribution in [3.63, 3.8) is 0 Å². The number of hydrogen-bond donors (Lipinski definition) is 0. The van der Waals surface area contributed by atoms with E-state index in [0.29, 0.717) is 31.3 Å². The van der Waals surface area contributed by atoms with E-state index in [9.17, 15) is 9.18 Å². The number of methoxy groups -OCH3 is 1. The van der Waals surface area contributed by atoms with Crippen LogP contribution in [0.1, 0.15) is 16.8 Å². The van der Waals surface area contributed by atoms with Crippen LogP contribution in [-0.2, 0) is 0 Å². The van der Waals surface area contributed by atoms with Gasteiger partial charge in [-0.25, -0.2) is 4.39 Å². The molecule has 1 unspecified atom stereocenters. The number of halogens is 2. The summed E-state index contributed by atoms with van der Waals surface area (Å²) in [5.74, 6) is -0.332. The maximum absolute atomic E-state index is 13.9. The molecule has 1 atom stereocenters. The average molecular weight is 352 g/mol. The highest BCUT2D eigenvalue weighted by Crippen LogP contribution is 2.24. The highest BCUT2D eigenvalue weighted by molar-refractivity contribution is 6.33. The lowest BCUT2D eigenvalue weighted by molar-refractivity contribution is 0.0766. The minimum atomic E-state index is -0.627. The third-order valence-corrected chi connectivity index (χ3v) is 4.04. The third-order valence-electron chi connectivity index (χ3n) is 3.72. The summed E-state index contributed by atoms with van der Waals surface area (Å²) in [6, 6.07) is 7.46. The molecule has 8 heteroatoms. The molecule has 2 aromatic rings. The third kappa shape index (κ3) is 3.41. The fourth-order valence-corrected chi connectivity index (χ4v) is 2.76. The van der Waals surface area contributed by atoms with Crippen LogP contribution >= 0.6 is 11.6 Å². The van der Waals surface area contributed by atoms with Crippen LogP contribution in [0.25, 0.3) is 0 Å². The van der Waals surface area contributed by atoms with E-state index < -0.39 is 11.7 Å². The van der Waals surface area contributed by atoms with Crippen LogP contribution in [0.5, 0.6) is 11.8 Å². The average Bonchev–Trinajstić information content (AvgIpc) is 3.04. The zero-order valence-corrected chi connectivity index (χ0v) is 13.7. The molecule has 0 bridgehead atoms. The summed E-state index contributed by atoms with van der Waals surface area (Å²) in [5.41, 5.74) is -0.107. The molecule has 6 nitrogen and oxygen atoms in total. The first kappa shape index (κ1) is 16.4. The van der Waals surface area contributed by atoms with E-state index in [0.717, 1.165) is 0 Å². The minimum absolute atomic E-state index is 0.102. The van der Waals surface area contributed by atoms with Gasteiger partial charge in [0.2, 0.25) is 11.8 Å². The quantitative estimate of drug-likeness (QED) is 0.847. The Hall–Kier alpha value is -2.41. The van der Waals surface area contributed by atoms with Gasteiger partial charge in [-0.05, 0) is 12.1 Å². The lowest BCUT2D eigenvalue weighted by Crippen LogP contribution is -2.31. The van der Waals surface area contributed by atoms with Crippen molar-refractivity contribution in [3.05, 3.63) is 46.7 Å². The van der Waals surface area contributed by atoms with E-state index in [1.54, 1.807) is 12.1 Å². The maximum Gasteiger partial charge on any atom is 0.258 e. The van der Waals surface area contributed by atoms with E-state index in [4.69, 9.17) is 21.1 Å². The van der Waals surface area contributed by atoms with Crippen molar-refractivity contribution in [2.75, 3.05) is 20.2 Å². The second-order valence-electron chi connectivity index (χ2n) is 5.29. The van der Waals surface area contributed by atoms with E-state index in [-0.39, 0.29) is 16.7 Å². The number of amides is 1. The van der Waals surface area contributed by atoms with Gasteiger partial charge in [0.05, 0.1) is 24.2 Å². The Morgan fingerprint density at radius 3 is 2.71 bits per heavy atom. The maximum atomic E-state index is 13.9.